The molecule has 0 saturated carbocycles. The van der Waals surface area contributed by atoms with E-state index in [1.54, 1.807) is 0 Å². The molecule has 0 aliphatic rings. The second-order valence-corrected chi connectivity index (χ2v) is 5.77. The van der Waals surface area contributed by atoms with Crippen molar-refractivity contribution in [2.24, 2.45) is 0 Å². The quantitative estimate of drug-likeness (QED) is 0.783. The molecular formula is C18H20BrNO. The van der Waals surface area contributed by atoms with E-state index >= 15 is 0 Å². The van der Waals surface area contributed by atoms with E-state index in [0.29, 0.717) is 13.0 Å². The number of amides is 1. The summed E-state index contributed by atoms with van der Waals surface area (Å²) in [6.07, 6.45) is 1.32. The monoisotopic (exact) mass is 345 g/mol. The Kier molecular flexibility index (Phi) is 6.00. The Labute approximate surface area is 134 Å². The molecule has 0 radical (unpaired) electrons. The molecular weight excluding hydrogens is 326 g/mol. The molecule has 0 unspecified atom stereocenters. The van der Waals surface area contributed by atoms with Crippen molar-refractivity contribution < 1.29 is 4.79 Å². The zero-order valence-corrected chi connectivity index (χ0v) is 13.8. The Balaban J connectivity index is 1.75. The lowest BCUT2D eigenvalue weighted by Crippen LogP contribution is -2.22. The topological polar surface area (TPSA) is 29.1 Å². The van der Waals surface area contributed by atoms with Crippen LogP contribution in [0, 0.1) is 6.92 Å². The van der Waals surface area contributed by atoms with Gasteiger partial charge in [-0.05, 0) is 30.0 Å². The Morgan fingerprint density at radius 3 is 2.14 bits per heavy atom. The maximum absolute atomic E-state index is 11.9. The zero-order valence-electron chi connectivity index (χ0n) is 12.2. The van der Waals surface area contributed by atoms with Crippen molar-refractivity contribution in [1.29, 1.82) is 0 Å². The first-order valence-corrected chi connectivity index (χ1v) is 8.25. The fourth-order valence-corrected chi connectivity index (χ4v) is 2.42. The number of nitrogens with one attached hydrogen (secondary N) is 1. The summed E-state index contributed by atoms with van der Waals surface area (Å²) in [6, 6.07) is 16.6. The third-order valence-electron chi connectivity index (χ3n) is 3.43. The predicted octanol–water partition coefficient (Wildman–Crippen LogP) is 4.14. The summed E-state index contributed by atoms with van der Waals surface area (Å²) in [5.41, 5.74) is 4.82. The lowest BCUT2D eigenvalue weighted by Gasteiger charge is -2.06. The van der Waals surface area contributed by atoms with E-state index in [4.69, 9.17) is 0 Å². The number of rotatable bonds is 6. The molecule has 0 bridgehead atoms. The molecule has 3 heteroatoms. The van der Waals surface area contributed by atoms with E-state index in [0.717, 1.165) is 17.3 Å². The molecule has 2 nitrogen and oxygen atoms in total. The van der Waals surface area contributed by atoms with Gasteiger partial charge in [0.1, 0.15) is 0 Å². The number of carbonyl (C=O) groups is 1. The average molecular weight is 346 g/mol. The number of aryl methyl sites for hydroxylation is 2. The van der Waals surface area contributed by atoms with Crippen molar-refractivity contribution in [2.75, 3.05) is 0 Å². The normalized spacial score (nSPS) is 10.4. The molecule has 1 N–H and O–H groups in total. The van der Waals surface area contributed by atoms with Gasteiger partial charge in [-0.1, -0.05) is 70.0 Å². The van der Waals surface area contributed by atoms with Crippen LogP contribution in [0.4, 0.5) is 0 Å². The molecule has 21 heavy (non-hydrogen) atoms. The number of hydrogen-bond acceptors (Lipinski definition) is 1. The number of hydrogen-bond donors (Lipinski definition) is 1. The van der Waals surface area contributed by atoms with Gasteiger partial charge in [0.15, 0.2) is 0 Å². The highest BCUT2D eigenvalue weighted by Gasteiger charge is 2.02. The van der Waals surface area contributed by atoms with Gasteiger partial charge in [0.05, 0.1) is 0 Å². The number of alkyl halides is 1. The average Bonchev–Trinajstić information content (AvgIpc) is 2.53. The first-order chi connectivity index (χ1) is 10.2. The summed E-state index contributed by atoms with van der Waals surface area (Å²) in [7, 11) is 0. The molecule has 0 saturated heterocycles. The molecule has 110 valence electrons. The highest BCUT2D eigenvalue weighted by molar-refractivity contribution is 9.08. The molecule has 2 aromatic rings. The third-order valence-corrected chi connectivity index (χ3v) is 4.08. The molecule has 2 rings (SSSR count). The summed E-state index contributed by atoms with van der Waals surface area (Å²) >= 11 is 3.42. The van der Waals surface area contributed by atoms with Gasteiger partial charge >= 0.3 is 0 Å². The van der Waals surface area contributed by atoms with Gasteiger partial charge in [-0.15, -0.1) is 0 Å². The number of carbonyl (C=O) groups excluding carboxylic acids is 1. The molecule has 0 heterocycles. The second kappa shape index (κ2) is 7.99. The predicted molar refractivity (Wildman–Crippen MR) is 90.4 cm³/mol. The lowest BCUT2D eigenvalue weighted by molar-refractivity contribution is -0.121. The molecule has 0 aliphatic carbocycles. The Hall–Kier alpha value is -1.61. The summed E-state index contributed by atoms with van der Waals surface area (Å²) in [6.45, 7) is 2.66. The van der Waals surface area contributed by atoms with Gasteiger partial charge in [-0.25, -0.2) is 0 Å². The summed E-state index contributed by atoms with van der Waals surface area (Å²) in [5.74, 6) is 0.0974. The summed E-state index contributed by atoms with van der Waals surface area (Å²) in [4.78, 5) is 11.9. The maximum Gasteiger partial charge on any atom is 0.220 e. The largest absolute Gasteiger partial charge is 0.352 e. The Bertz CT molecular complexity index is 575. The van der Waals surface area contributed by atoms with Crippen LogP contribution in [0.5, 0.6) is 0 Å². The van der Waals surface area contributed by atoms with Crippen LogP contribution in [-0.4, -0.2) is 5.91 Å². The molecule has 0 atom stereocenters. The van der Waals surface area contributed by atoms with Crippen molar-refractivity contribution in [3.8, 4) is 0 Å². The van der Waals surface area contributed by atoms with Gasteiger partial charge in [-0.2, -0.15) is 0 Å². The zero-order chi connectivity index (χ0) is 15.1. The van der Waals surface area contributed by atoms with Crippen LogP contribution in [0.2, 0.25) is 0 Å². The van der Waals surface area contributed by atoms with Crippen molar-refractivity contribution in [1.82, 2.24) is 5.32 Å². The Morgan fingerprint density at radius 1 is 0.952 bits per heavy atom. The van der Waals surface area contributed by atoms with Crippen LogP contribution in [0.15, 0.2) is 48.5 Å². The smallest absolute Gasteiger partial charge is 0.220 e. The summed E-state index contributed by atoms with van der Waals surface area (Å²) < 4.78 is 0. The van der Waals surface area contributed by atoms with Crippen LogP contribution in [0.1, 0.15) is 28.7 Å². The number of halogens is 1. The van der Waals surface area contributed by atoms with Crippen LogP contribution in [-0.2, 0) is 23.1 Å². The van der Waals surface area contributed by atoms with E-state index in [2.05, 4.69) is 76.7 Å². The van der Waals surface area contributed by atoms with Crippen LogP contribution >= 0.6 is 15.9 Å². The molecule has 0 spiro atoms. The van der Waals surface area contributed by atoms with Gasteiger partial charge < -0.3 is 5.32 Å². The van der Waals surface area contributed by atoms with Crippen LogP contribution < -0.4 is 5.32 Å². The van der Waals surface area contributed by atoms with Gasteiger partial charge in [0, 0.05) is 18.3 Å². The standard InChI is InChI=1S/C18H20BrNO/c1-14-2-4-15(5-3-14)10-11-18(21)20-13-17-8-6-16(12-19)7-9-17/h2-9H,10-13H2,1H3,(H,20,21). The first kappa shape index (κ1) is 15.8. The fraction of sp³-hybridized carbons (Fsp3) is 0.278. The van der Waals surface area contributed by atoms with Crippen molar-refractivity contribution >= 4 is 21.8 Å². The Morgan fingerprint density at radius 2 is 1.52 bits per heavy atom. The van der Waals surface area contributed by atoms with Gasteiger partial charge in [-0.3, -0.25) is 4.79 Å². The SMILES string of the molecule is Cc1ccc(CCC(=O)NCc2ccc(CBr)cc2)cc1. The number of benzene rings is 2. The van der Waals surface area contributed by atoms with Gasteiger partial charge in [0.2, 0.25) is 5.91 Å². The first-order valence-electron chi connectivity index (χ1n) is 7.13. The minimum absolute atomic E-state index is 0.0974. The molecule has 0 aliphatic heterocycles. The van der Waals surface area contributed by atoms with E-state index in [9.17, 15) is 4.79 Å². The van der Waals surface area contributed by atoms with E-state index in [1.165, 1.54) is 16.7 Å². The van der Waals surface area contributed by atoms with Gasteiger partial charge in [0.25, 0.3) is 0 Å². The minimum Gasteiger partial charge on any atom is -0.352 e. The van der Waals surface area contributed by atoms with E-state index in [1.807, 2.05) is 0 Å². The summed E-state index contributed by atoms with van der Waals surface area (Å²) in [5, 5.41) is 3.82. The molecule has 1 amide bonds. The minimum atomic E-state index is 0.0974. The maximum atomic E-state index is 11.9. The van der Waals surface area contributed by atoms with Crippen LogP contribution in [0.3, 0.4) is 0 Å². The lowest BCUT2D eigenvalue weighted by atomic mass is 10.1. The fourth-order valence-electron chi connectivity index (χ4n) is 2.05. The third kappa shape index (κ3) is 5.35. The van der Waals surface area contributed by atoms with E-state index in [-0.39, 0.29) is 5.91 Å². The highest BCUT2D eigenvalue weighted by Crippen LogP contribution is 2.08. The molecule has 0 fully saturated rings. The van der Waals surface area contributed by atoms with Crippen molar-refractivity contribution in [2.45, 2.75) is 31.6 Å². The highest BCUT2D eigenvalue weighted by atomic mass is 79.9. The molecule has 0 aromatic heterocycles. The second-order valence-electron chi connectivity index (χ2n) is 5.21. The van der Waals surface area contributed by atoms with Crippen LogP contribution in [0.25, 0.3) is 0 Å². The van der Waals surface area contributed by atoms with Crippen molar-refractivity contribution in [3.63, 3.8) is 0 Å². The van der Waals surface area contributed by atoms with E-state index < -0.39 is 0 Å². The molecule has 2 aromatic carbocycles. The van der Waals surface area contributed by atoms with Crippen molar-refractivity contribution in [3.05, 3.63) is 70.8 Å².